The van der Waals surface area contributed by atoms with Gasteiger partial charge in [0.1, 0.15) is 5.76 Å². The summed E-state index contributed by atoms with van der Waals surface area (Å²) in [6.45, 7) is 0. The molecule has 2 saturated heterocycles. The Morgan fingerprint density at radius 1 is 1.16 bits per heavy atom. The van der Waals surface area contributed by atoms with E-state index in [0.29, 0.717) is 30.3 Å². The number of hydrogen-bond acceptors (Lipinski definition) is 2. The molecule has 3 rings (SSSR count). The summed E-state index contributed by atoms with van der Waals surface area (Å²) in [7, 11) is 0. The second kappa shape index (κ2) is 4.85. The van der Waals surface area contributed by atoms with Gasteiger partial charge in [-0.3, -0.25) is 0 Å². The zero-order valence-electron chi connectivity index (χ0n) is 10.6. The molecule has 3 atom stereocenters. The van der Waals surface area contributed by atoms with E-state index >= 15 is 0 Å². The Labute approximate surface area is 110 Å². The van der Waals surface area contributed by atoms with E-state index in [9.17, 15) is 13.2 Å². The molecule has 2 nitrogen and oxygen atoms in total. The van der Waals surface area contributed by atoms with Crippen molar-refractivity contribution in [2.75, 3.05) is 0 Å². The molecule has 2 heterocycles. The third kappa shape index (κ3) is 3.14. The van der Waals surface area contributed by atoms with Gasteiger partial charge in [-0.2, -0.15) is 0 Å². The molecule has 19 heavy (non-hydrogen) atoms. The van der Waals surface area contributed by atoms with Crippen molar-refractivity contribution in [3.63, 3.8) is 0 Å². The first-order valence-electron chi connectivity index (χ1n) is 6.90. The van der Waals surface area contributed by atoms with Gasteiger partial charge in [-0.05, 0) is 56.1 Å². The number of piperidine rings is 1. The smallest absolute Gasteiger partial charge is 0.406 e. The molecule has 0 aromatic heterocycles. The van der Waals surface area contributed by atoms with Crippen LogP contribution in [0.25, 0.3) is 0 Å². The summed E-state index contributed by atoms with van der Waals surface area (Å²) in [5.41, 5.74) is 0. The van der Waals surface area contributed by atoms with Crippen molar-refractivity contribution in [3.8, 4) is 0 Å². The van der Waals surface area contributed by atoms with Crippen LogP contribution in [-0.4, -0.2) is 18.4 Å². The van der Waals surface area contributed by atoms with E-state index in [2.05, 4.69) is 10.1 Å². The predicted octanol–water partition coefficient (Wildman–Crippen LogP) is 3.51. The molecule has 5 heteroatoms. The molecule has 2 bridgehead atoms. The highest BCUT2D eigenvalue weighted by Crippen LogP contribution is 2.38. The number of halogens is 3. The number of alkyl halides is 3. The zero-order chi connectivity index (χ0) is 13.5. The molecule has 0 amide bonds. The molecule has 0 saturated carbocycles. The summed E-state index contributed by atoms with van der Waals surface area (Å²) < 4.78 is 40.2. The average Bonchev–Trinajstić information content (AvgIpc) is 2.67. The van der Waals surface area contributed by atoms with E-state index in [1.807, 2.05) is 6.08 Å². The van der Waals surface area contributed by atoms with Gasteiger partial charge in [0.05, 0.1) is 0 Å². The minimum Gasteiger partial charge on any atom is -0.406 e. The Balaban J connectivity index is 1.57. The minimum atomic E-state index is -4.59. The summed E-state index contributed by atoms with van der Waals surface area (Å²) in [6.07, 6.45) is 5.81. The molecule has 2 aliphatic heterocycles. The summed E-state index contributed by atoms with van der Waals surface area (Å²) in [5.74, 6) is 0.894. The summed E-state index contributed by atoms with van der Waals surface area (Å²) in [5, 5.41) is 3.59. The van der Waals surface area contributed by atoms with Crippen LogP contribution in [0.1, 0.15) is 32.1 Å². The van der Waals surface area contributed by atoms with E-state index < -0.39 is 6.36 Å². The Hall–Kier alpha value is -0.970. The van der Waals surface area contributed by atoms with Gasteiger partial charge in [0.15, 0.2) is 0 Å². The Morgan fingerprint density at radius 2 is 1.84 bits per heavy atom. The van der Waals surface area contributed by atoms with E-state index in [4.69, 9.17) is 0 Å². The molecule has 1 N–H and O–H groups in total. The van der Waals surface area contributed by atoms with Crippen LogP contribution < -0.4 is 5.32 Å². The van der Waals surface area contributed by atoms with Crippen LogP contribution in [-0.2, 0) is 4.74 Å². The normalized spacial score (nSPS) is 38.2. The maximum atomic E-state index is 12.1. The van der Waals surface area contributed by atoms with Gasteiger partial charge >= 0.3 is 6.36 Å². The lowest BCUT2D eigenvalue weighted by atomic mass is 9.78. The van der Waals surface area contributed by atoms with Gasteiger partial charge in [0.2, 0.25) is 0 Å². The van der Waals surface area contributed by atoms with Gasteiger partial charge < -0.3 is 10.1 Å². The predicted molar refractivity (Wildman–Crippen MR) is 65.1 cm³/mol. The largest absolute Gasteiger partial charge is 0.573 e. The molecular weight excluding hydrogens is 255 g/mol. The van der Waals surface area contributed by atoms with Crippen molar-refractivity contribution < 1.29 is 17.9 Å². The van der Waals surface area contributed by atoms with Crippen molar-refractivity contribution in [3.05, 3.63) is 24.0 Å². The van der Waals surface area contributed by atoms with Crippen molar-refractivity contribution in [2.45, 2.75) is 50.6 Å². The zero-order valence-corrected chi connectivity index (χ0v) is 10.6. The molecule has 3 unspecified atom stereocenters. The van der Waals surface area contributed by atoms with Crippen LogP contribution in [0.5, 0.6) is 0 Å². The lowest BCUT2D eigenvalue weighted by molar-refractivity contribution is -0.303. The quantitative estimate of drug-likeness (QED) is 0.831. The minimum absolute atomic E-state index is 0.0688. The molecule has 0 aromatic rings. The van der Waals surface area contributed by atoms with Crippen molar-refractivity contribution in [2.24, 2.45) is 11.8 Å². The molecule has 3 aliphatic rings. The fourth-order valence-electron chi connectivity index (χ4n) is 3.63. The Bertz CT molecular complexity index is 390. The highest BCUT2D eigenvalue weighted by Gasteiger charge is 2.37. The average molecular weight is 273 g/mol. The van der Waals surface area contributed by atoms with Crippen LogP contribution in [0.4, 0.5) is 13.2 Å². The topological polar surface area (TPSA) is 21.3 Å². The van der Waals surface area contributed by atoms with Crippen molar-refractivity contribution >= 4 is 0 Å². The molecular formula is C14H18F3NO. The first-order chi connectivity index (χ1) is 8.99. The summed E-state index contributed by atoms with van der Waals surface area (Å²) in [4.78, 5) is 0. The maximum Gasteiger partial charge on any atom is 0.573 e. The lowest BCUT2D eigenvalue weighted by Gasteiger charge is -2.34. The molecule has 1 aliphatic carbocycles. The maximum absolute atomic E-state index is 12.1. The second-order valence-corrected chi connectivity index (χ2v) is 5.78. The van der Waals surface area contributed by atoms with Gasteiger partial charge in [-0.1, -0.05) is 6.08 Å². The molecule has 106 valence electrons. The highest BCUT2D eigenvalue weighted by molar-refractivity contribution is 5.19. The van der Waals surface area contributed by atoms with Crippen LogP contribution in [0.3, 0.4) is 0 Å². The standard InChI is InChI=1S/C14H18F3NO/c15-14(16,17)19-13-5-1-9(2-6-13)10-7-11-3-4-12(8-10)18-11/h1,5-6,9-12,18H,2-4,7-8H2. The number of ether oxygens (including phenoxy) is 1. The van der Waals surface area contributed by atoms with Crippen molar-refractivity contribution in [1.82, 2.24) is 5.32 Å². The second-order valence-electron chi connectivity index (χ2n) is 5.78. The van der Waals surface area contributed by atoms with Crippen LogP contribution in [0.2, 0.25) is 0 Å². The third-order valence-electron chi connectivity index (χ3n) is 4.45. The molecule has 0 aromatic carbocycles. The van der Waals surface area contributed by atoms with Gasteiger partial charge in [0, 0.05) is 12.1 Å². The number of allylic oxidation sites excluding steroid dienone is 3. The van der Waals surface area contributed by atoms with E-state index in [1.165, 1.54) is 18.9 Å². The molecule has 2 fully saturated rings. The number of hydrogen-bond donors (Lipinski definition) is 1. The SMILES string of the molecule is FC(F)(F)OC1=CCC(C2CC3CCC(C2)N3)C=C1. The van der Waals surface area contributed by atoms with Crippen LogP contribution in [0.15, 0.2) is 24.0 Å². The number of nitrogens with one attached hydrogen (secondary N) is 1. The van der Waals surface area contributed by atoms with Crippen LogP contribution in [0, 0.1) is 11.8 Å². The third-order valence-corrected chi connectivity index (χ3v) is 4.45. The van der Waals surface area contributed by atoms with Crippen LogP contribution >= 0.6 is 0 Å². The lowest BCUT2D eigenvalue weighted by Crippen LogP contribution is -2.40. The first-order valence-corrected chi connectivity index (χ1v) is 6.90. The summed E-state index contributed by atoms with van der Waals surface area (Å²) >= 11 is 0. The highest BCUT2D eigenvalue weighted by atomic mass is 19.4. The van der Waals surface area contributed by atoms with E-state index in [1.54, 1.807) is 6.08 Å². The summed E-state index contributed by atoms with van der Waals surface area (Å²) in [6, 6.07) is 1.24. The monoisotopic (exact) mass is 273 g/mol. The Morgan fingerprint density at radius 3 is 2.37 bits per heavy atom. The first kappa shape index (κ1) is 13.0. The van der Waals surface area contributed by atoms with E-state index in [0.717, 1.165) is 12.8 Å². The van der Waals surface area contributed by atoms with Gasteiger partial charge in [0.25, 0.3) is 0 Å². The van der Waals surface area contributed by atoms with Gasteiger partial charge in [-0.15, -0.1) is 13.2 Å². The number of rotatable bonds is 2. The number of fused-ring (bicyclic) bond motifs is 2. The fourth-order valence-corrected chi connectivity index (χ4v) is 3.63. The molecule has 0 radical (unpaired) electrons. The molecule has 0 spiro atoms. The van der Waals surface area contributed by atoms with E-state index in [-0.39, 0.29) is 5.76 Å². The fraction of sp³-hybridized carbons (Fsp3) is 0.714. The van der Waals surface area contributed by atoms with Crippen molar-refractivity contribution in [1.29, 1.82) is 0 Å². The van der Waals surface area contributed by atoms with Gasteiger partial charge in [-0.25, -0.2) is 0 Å². The Kier molecular flexibility index (Phi) is 3.33.